The molecule has 2 heterocycles. The largest absolute Gasteiger partial charge is 0.314 e. The molecule has 0 aromatic heterocycles. The van der Waals surface area contributed by atoms with Gasteiger partial charge in [0.2, 0.25) is 0 Å². The molecule has 0 spiro atoms. The van der Waals surface area contributed by atoms with Gasteiger partial charge in [-0.1, -0.05) is 62.4 Å². The van der Waals surface area contributed by atoms with E-state index in [9.17, 15) is 0 Å². The number of likely N-dealkylation sites (tertiary alicyclic amines) is 1. The van der Waals surface area contributed by atoms with Crippen molar-refractivity contribution in [2.45, 2.75) is 89.5 Å². The molecule has 0 radical (unpaired) electrons. The van der Waals surface area contributed by atoms with Crippen molar-refractivity contribution in [1.29, 1.82) is 0 Å². The van der Waals surface area contributed by atoms with Gasteiger partial charge in [-0.3, -0.25) is 0 Å². The molecular formula is C25H42N2. The third kappa shape index (κ3) is 8.35. The second-order valence-corrected chi connectivity index (χ2v) is 9.01. The number of nitrogens with one attached hydrogen (secondary N) is 1. The van der Waals surface area contributed by atoms with Crippen LogP contribution in [0.2, 0.25) is 0 Å². The molecule has 0 amide bonds. The van der Waals surface area contributed by atoms with Gasteiger partial charge in [0.05, 0.1) is 0 Å². The Bertz CT molecular complexity index is 472. The normalized spacial score (nSPS) is 22.1. The second-order valence-electron chi connectivity index (χ2n) is 9.01. The summed E-state index contributed by atoms with van der Waals surface area (Å²) < 4.78 is 0. The van der Waals surface area contributed by atoms with Gasteiger partial charge in [0.1, 0.15) is 0 Å². The van der Waals surface area contributed by atoms with Gasteiger partial charge >= 0.3 is 0 Å². The third-order valence-electron chi connectivity index (χ3n) is 6.82. The molecule has 2 aliphatic heterocycles. The number of unbranched alkanes of at least 4 members (excludes halogenated alkanes) is 3. The molecule has 2 saturated heterocycles. The summed E-state index contributed by atoms with van der Waals surface area (Å²) in [6, 6.07) is 11.8. The molecule has 152 valence electrons. The van der Waals surface area contributed by atoms with E-state index in [1.54, 1.807) is 0 Å². The van der Waals surface area contributed by atoms with Gasteiger partial charge in [-0.15, -0.1) is 0 Å². The first kappa shape index (κ1) is 20.9. The summed E-state index contributed by atoms with van der Waals surface area (Å²) in [4.78, 5) is 2.73. The molecule has 0 aliphatic carbocycles. The first-order chi connectivity index (χ1) is 13.4. The number of rotatable bonds is 11. The molecule has 1 aromatic carbocycles. The Hall–Kier alpha value is -0.860. The summed E-state index contributed by atoms with van der Waals surface area (Å²) in [6.45, 7) is 5.30. The summed E-state index contributed by atoms with van der Waals surface area (Å²) in [5, 5.41) is 3.68. The number of hydrogen-bond donors (Lipinski definition) is 1. The van der Waals surface area contributed by atoms with Crippen molar-refractivity contribution in [3.05, 3.63) is 35.9 Å². The van der Waals surface area contributed by atoms with Gasteiger partial charge in [-0.05, 0) is 89.0 Å². The number of benzene rings is 1. The molecule has 2 heteroatoms. The predicted molar refractivity (Wildman–Crippen MR) is 117 cm³/mol. The van der Waals surface area contributed by atoms with Crippen molar-refractivity contribution in [2.24, 2.45) is 5.92 Å². The summed E-state index contributed by atoms with van der Waals surface area (Å²) in [7, 11) is 0. The van der Waals surface area contributed by atoms with E-state index in [1.807, 2.05) is 0 Å². The number of nitrogens with zero attached hydrogens (tertiary/aromatic N) is 1. The van der Waals surface area contributed by atoms with Crippen LogP contribution < -0.4 is 5.32 Å². The zero-order valence-electron chi connectivity index (χ0n) is 17.5. The fourth-order valence-corrected chi connectivity index (χ4v) is 4.99. The molecule has 3 rings (SSSR count). The maximum atomic E-state index is 3.68. The van der Waals surface area contributed by atoms with Gasteiger partial charge in [0.25, 0.3) is 0 Å². The van der Waals surface area contributed by atoms with Crippen molar-refractivity contribution >= 4 is 0 Å². The summed E-state index contributed by atoms with van der Waals surface area (Å²) in [5.41, 5.74) is 1.51. The van der Waals surface area contributed by atoms with Gasteiger partial charge in [0.15, 0.2) is 0 Å². The Balaban J connectivity index is 1.15. The van der Waals surface area contributed by atoms with Crippen LogP contribution in [-0.2, 0) is 6.42 Å². The third-order valence-corrected chi connectivity index (χ3v) is 6.82. The lowest BCUT2D eigenvalue weighted by Crippen LogP contribution is -2.34. The zero-order chi connectivity index (χ0) is 18.6. The van der Waals surface area contributed by atoms with Gasteiger partial charge in [-0.25, -0.2) is 0 Å². The van der Waals surface area contributed by atoms with Crippen LogP contribution in [0.1, 0.15) is 82.6 Å². The molecule has 2 aliphatic rings. The quantitative estimate of drug-likeness (QED) is 0.494. The lowest BCUT2D eigenvalue weighted by Gasteiger charge is -2.32. The lowest BCUT2D eigenvalue weighted by molar-refractivity contribution is 0.174. The molecule has 27 heavy (non-hydrogen) atoms. The fraction of sp³-hybridized carbons (Fsp3) is 0.760. The molecule has 1 N–H and O–H groups in total. The number of hydrogen-bond acceptors (Lipinski definition) is 2. The standard InChI is InChI=1S/C25H42N2/c1(6-15-25-16-7-8-19-26-25)2-9-20-27-21-17-24(18-22-27)14-10-13-23-11-4-3-5-12-23/h3-5,11-12,24-26H,1-2,6-10,13-22H2. The summed E-state index contributed by atoms with van der Waals surface area (Å²) >= 11 is 0. The van der Waals surface area contributed by atoms with Crippen molar-refractivity contribution < 1.29 is 0 Å². The minimum absolute atomic E-state index is 0.833. The van der Waals surface area contributed by atoms with Crippen molar-refractivity contribution in [3.63, 3.8) is 0 Å². The van der Waals surface area contributed by atoms with Gasteiger partial charge in [-0.2, -0.15) is 0 Å². The van der Waals surface area contributed by atoms with E-state index in [1.165, 1.54) is 115 Å². The monoisotopic (exact) mass is 370 g/mol. The Morgan fingerprint density at radius 2 is 1.63 bits per heavy atom. The highest BCUT2D eigenvalue weighted by Crippen LogP contribution is 2.23. The smallest absolute Gasteiger partial charge is 0.00670 e. The summed E-state index contributed by atoms with van der Waals surface area (Å²) in [6.07, 6.45) is 18.3. The topological polar surface area (TPSA) is 15.3 Å². The highest BCUT2D eigenvalue weighted by atomic mass is 15.1. The Morgan fingerprint density at radius 3 is 2.41 bits per heavy atom. The minimum Gasteiger partial charge on any atom is -0.314 e. The van der Waals surface area contributed by atoms with Crippen LogP contribution in [-0.4, -0.2) is 37.1 Å². The van der Waals surface area contributed by atoms with E-state index >= 15 is 0 Å². The van der Waals surface area contributed by atoms with E-state index in [4.69, 9.17) is 0 Å². The van der Waals surface area contributed by atoms with Crippen molar-refractivity contribution in [1.82, 2.24) is 10.2 Å². The molecule has 2 fully saturated rings. The first-order valence-corrected chi connectivity index (χ1v) is 11.9. The van der Waals surface area contributed by atoms with Crippen LogP contribution >= 0.6 is 0 Å². The Kier molecular flexibility index (Phi) is 9.71. The summed E-state index contributed by atoms with van der Waals surface area (Å²) in [5.74, 6) is 0.980. The molecule has 0 saturated carbocycles. The van der Waals surface area contributed by atoms with E-state index in [0.717, 1.165) is 12.0 Å². The number of piperidine rings is 2. The first-order valence-electron chi connectivity index (χ1n) is 11.9. The van der Waals surface area contributed by atoms with Gasteiger partial charge in [0, 0.05) is 6.04 Å². The fourth-order valence-electron chi connectivity index (χ4n) is 4.99. The average molecular weight is 371 g/mol. The van der Waals surface area contributed by atoms with Gasteiger partial charge < -0.3 is 10.2 Å². The van der Waals surface area contributed by atoms with Crippen LogP contribution in [0.15, 0.2) is 30.3 Å². The molecular weight excluding hydrogens is 328 g/mol. The predicted octanol–water partition coefficient (Wildman–Crippen LogP) is 5.81. The maximum Gasteiger partial charge on any atom is 0.00670 e. The van der Waals surface area contributed by atoms with E-state index < -0.39 is 0 Å². The molecule has 1 aromatic rings. The Morgan fingerprint density at radius 1 is 0.815 bits per heavy atom. The molecule has 2 nitrogen and oxygen atoms in total. The Labute approximate surface area is 168 Å². The zero-order valence-corrected chi connectivity index (χ0v) is 17.5. The van der Waals surface area contributed by atoms with E-state index in [0.29, 0.717) is 0 Å². The molecule has 1 atom stereocenters. The van der Waals surface area contributed by atoms with Crippen molar-refractivity contribution in [3.8, 4) is 0 Å². The van der Waals surface area contributed by atoms with Crippen molar-refractivity contribution in [2.75, 3.05) is 26.2 Å². The lowest BCUT2D eigenvalue weighted by atomic mass is 9.90. The highest BCUT2D eigenvalue weighted by molar-refractivity contribution is 5.14. The van der Waals surface area contributed by atoms with E-state index in [2.05, 4.69) is 40.5 Å². The molecule has 0 bridgehead atoms. The van der Waals surface area contributed by atoms with Crippen LogP contribution in [0.3, 0.4) is 0 Å². The maximum absolute atomic E-state index is 3.68. The molecule has 1 unspecified atom stereocenters. The minimum atomic E-state index is 0.833. The van der Waals surface area contributed by atoms with Crippen LogP contribution in [0.5, 0.6) is 0 Å². The van der Waals surface area contributed by atoms with Crippen LogP contribution in [0.4, 0.5) is 0 Å². The number of aryl methyl sites for hydroxylation is 1. The average Bonchev–Trinajstić information content (AvgIpc) is 2.73. The van der Waals surface area contributed by atoms with Crippen LogP contribution in [0, 0.1) is 5.92 Å². The SMILES string of the molecule is c1ccc(CCCC2CCN(CCCCCCC3CCCCN3)CC2)cc1. The highest BCUT2D eigenvalue weighted by Gasteiger charge is 2.18. The second kappa shape index (κ2) is 12.6. The van der Waals surface area contributed by atoms with E-state index in [-0.39, 0.29) is 0 Å². The van der Waals surface area contributed by atoms with Crippen LogP contribution in [0.25, 0.3) is 0 Å².